The average molecular weight is 353 g/mol. The Morgan fingerprint density at radius 3 is 2.44 bits per heavy atom. The van der Waals surface area contributed by atoms with Gasteiger partial charge < -0.3 is 19.5 Å². The Kier molecular flexibility index (Phi) is 4.43. The van der Waals surface area contributed by atoms with Crippen LogP contribution in [0.2, 0.25) is 0 Å². The maximum atomic E-state index is 12.6. The summed E-state index contributed by atoms with van der Waals surface area (Å²) in [7, 11) is 1.44. The molecule has 5 nitrogen and oxygen atoms in total. The Morgan fingerprint density at radius 1 is 1.12 bits per heavy atom. The number of fused-ring (bicyclic) bond motifs is 1. The van der Waals surface area contributed by atoms with Crippen LogP contribution in [0.25, 0.3) is 0 Å². The number of benzene rings is 2. The van der Waals surface area contributed by atoms with Crippen LogP contribution in [0.4, 0.5) is 18.9 Å². The van der Waals surface area contributed by atoms with Gasteiger partial charge in [0.2, 0.25) is 5.75 Å². The fraction of sp³-hybridized carbons (Fsp3) is 0.235. The van der Waals surface area contributed by atoms with Gasteiger partial charge in [-0.15, -0.1) is 0 Å². The molecular weight excluding hydrogens is 339 g/mol. The zero-order valence-electron chi connectivity index (χ0n) is 13.1. The summed E-state index contributed by atoms with van der Waals surface area (Å²) in [5, 5.41) is 2.54. The quantitative estimate of drug-likeness (QED) is 0.913. The maximum absolute atomic E-state index is 12.6. The number of nitrogens with one attached hydrogen (secondary N) is 1. The van der Waals surface area contributed by atoms with E-state index in [-0.39, 0.29) is 11.3 Å². The van der Waals surface area contributed by atoms with Crippen molar-refractivity contribution in [2.24, 2.45) is 0 Å². The van der Waals surface area contributed by atoms with Crippen LogP contribution in [-0.4, -0.2) is 26.2 Å². The van der Waals surface area contributed by atoms with Crippen molar-refractivity contribution in [2.45, 2.75) is 6.18 Å². The molecule has 1 aliphatic rings. The average Bonchev–Trinajstić information content (AvgIpc) is 2.60. The summed E-state index contributed by atoms with van der Waals surface area (Å²) < 4.78 is 53.8. The van der Waals surface area contributed by atoms with Gasteiger partial charge in [-0.1, -0.05) is 0 Å². The van der Waals surface area contributed by atoms with Crippen LogP contribution in [0.1, 0.15) is 15.9 Å². The van der Waals surface area contributed by atoms with Crippen molar-refractivity contribution in [3.8, 4) is 17.2 Å². The Labute approximate surface area is 141 Å². The van der Waals surface area contributed by atoms with Gasteiger partial charge in [-0.3, -0.25) is 4.79 Å². The van der Waals surface area contributed by atoms with Gasteiger partial charge in [-0.25, -0.2) is 0 Å². The number of anilines is 1. The first kappa shape index (κ1) is 16.9. The molecule has 0 bridgehead atoms. The number of hydrogen-bond donors (Lipinski definition) is 1. The van der Waals surface area contributed by atoms with Crippen molar-refractivity contribution < 1.29 is 32.2 Å². The van der Waals surface area contributed by atoms with E-state index in [1.165, 1.54) is 31.4 Å². The third-order valence-corrected chi connectivity index (χ3v) is 3.56. The fourth-order valence-electron chi connectivity index (χ4n) is 2.35. The van der Waals surface area contributed by atoms with Crippen LogP contribution in [0.5, 0.6) is 17.2 Å². The Balaban J connectivity index is 1.81. The van der Waals surface area contributed by atoms with E-state index in [4.69, 9.17) is 14.2 Å². The summed E-state index contributed by atoms with van der Waals surface area (Å²) in [6, 6.07) is 7.16. The van der Waals surface area contributed by atoms with Crippen molar-refractivity contribution in [3.63, 3.8) is 0 Å². The summed E-state index contributed by atoms with van der Waals surface area (Å²) in [5.41, 5.74) is -0.306. The first-order valence-corrected chi connectivity index (χ1v) is 7.35. The Morgan fingerprint density at radius 2 is 1.80 bits per heavy atom. The highest BCUT2D eigenvalue weighted by Gasteiger charge is 2.30. The molecule has 8 heteroatoms. The summed E-state index contributed by atoms with van der Waals surface area (Å²) in [6.45, 7) is 0.723. The lowest BCUT2D eigenvalue weighted by molar-refractivity contribution is -0.137. The molecule has 0 fully saturated rings. The topological polar surface area (TPSA) is 56.8 Å². The van der Waals surface area contributed by atoms with Crippen LogP contribution in [-0.2, 0) is 6.18 Å². The minimum absolute atomic E-state index is 0.237. The van der Waals surface area contributed by atoms with Gasteiger partial charge in [0.05, 0.1) is 12.7 Å². The van der Waals surface area contributed by atoms with E-state index in [2.05, 4.69) is 5.32 Å². The Bertz CT molecular complexity index is 770. The van der Waals surface area contributed by atoms with Gasteiger partial charge >= 0.3 is 6.18 Å². The number of ether oxygens (including phenoxy) is 3. The summed E-state index contributed by atoms with van der Waals surface area (Å²) in [4.78, 5) is 12.4. The van der Waals surface area contributed by atoms with E-state index in [1.54, 1.807) is 0 Å². The van der Waals surface area contributed by atoms with Gasteiger partial charge in [0.1, 0.15) is 13.2 Å². The van der Waals surface area contributed by atoms with Gasteiger partial charge in [-0.05, 0) is 36.4 Å². The zero-order valence-corrected chi connectivity index (χ0v) is 13.1. The van der Waals surface area contributed by atoms with Crippen LogP contribution >= 0.6 is 0 Å². The molecule has 1 amide bonds. The van der Waals surface area contributed by atoms with Crippen molar-refractivity contribution in [1.29, 1.82) is 0 Å². The molecule has 2 aromatic carbocycles. The third-order valence-electron chi connectivity index (χ3n) is 3.56. The van der Waals surface area contributed by atoms with E-state index in [0.717, 1.165) is 12.1 Å². The predicted octanol–water partition coefficient (Wildman–Crippen LogP) is 3.74. The molecule has 0 saturated carbocycles. The molecule has 132 valence electrons. The number of carbonyl (C=O) groups is 1. The van der Waals surface area contributed by atoms with E-state index < -0.39 is 17.6 Å². The largest absolute Gasteiger partial charge is 0.493 e. The summed E-state index contributed by atoms with van der Waals surface area (Å²) in [5.74, 6) is 0.632. The predicted molar refractivity (Wildman–Crippen MR) is 83.4 cm³/mol. The molecule has 0 unspecified atom stereocenters. The SMILES string of the molecule is COc1cc(C(=O)Nc2ccc(C(F)(F)F)cc2)cc2c1OCCO2. The third kappa shape index (κ3) is 3.62. The molecule has 1 aliphatic heterocycles. The lowest BCUT2D eigenvalue weighted by Crippen LogP contribution is -2.18. The lowest BCUT2D eigenvalue weighted by Gasteiger charge is -2.21. The smallest absolute Gasteiger partial charge is 0.416 e. The van der Waals surface area contributed by atoms with Crippen molar-refractivity contribution >= 4 is 11.6 Å². The molecule has 0 radical (unpaired) electrons. The van der Waals surface area contributed by atoms with E-state index in [9.17, 15) is 18.0 Å². The molecule has 1 heterocycles. The summed E-state index contributed by atoms with van der Waals surface area (Å²) in [6.07, 6.45) is -4.42. The van der Waals surface area contributed by atoms with Gasteiger partial charge in [0.25, 0.3) is 5.91 Å². The number of methoxy groups -OCH3 is 1. The number of rotatable bonds is 3. The van der Waals surface area contributed by atoms with Crippen LogP contribution < -0.4 is 19.5 Å². The van der Waals surface area contributed by atoms with E-state index >= 15 is 0 Å². The maximum Gasteiger partial charge on any atom is 0.416 e. The molecular formula is C17H14F3NO4. The highest BCUT2D eigenvalue weighted by atomic mass is 19.4. The molecule has 0 spiro atoms. The van der Waals surface area contributed by atoms with Crippen molar-refractivity contribution in [3.05, 3.63) is 47.5 Å². The minimum atomic E-state index is -4.42. The van der Waals surface area contributed by atoms with Gasteiger partial charge in [-0.2, -0.15) is 13.2 Å². The van der Waals surface area contributed by atoms with Crippen molar-refractivity contribution in [2.75, 3.05) is 25.6 Å². The molecule has 0 aliphatic carbocycles. The number of halogens is 3. The number of amides is 1. The standard InChI is InChI=1S/C17H14F3NO4/c1-23-13-8-10(9-14-15(13)25-7-6-24-14)16(22)21-12-4-2-11(3-5-12)17(18,19)20/h2-5,8-9H,6-7H2,1H3,(H,21,22). The second kappa shape index (κ2) is 6.54. The first-order chi connectivity index (χ1) is 11.9. The minimum Gasteiger partial charge on any atom is -0.493 e. The monoisotopic (exact) mass is 353 g/mol. The fourth-order valence-corrected chi connectivity index (χ4v) is 2.35. The zero-order chi connectivity index (χ0) is 18.0. The first-order valence-electron chi connectivity index (χ1n) is 7.35. The lowest BCUT2D eigenvalue weighted by atomic mass is 10.1. The molecule has 1 N–H and O–H groups in total. The second-order valence-corrected chi connectivity index (χ2v) is 5.23. The van der Waals surface area contributed by atoms with E-state index in [0.29, 0.717) is 30.5 Å². The molecule has 0 saturated heterocycles. The second-order valence-electron chi connectivity index (χ2n) is 5.23. The van der Waals surface area contributed by atoms with E-state index in [1.807, 2.05) is 0 Å². The molecule has 3 rings (SSSR count). The Hall–Kier alpha value is -2.90. The molecule has 2 aromatic rings. The molecule has 0 atom stereocenters. The van der Waals surface area contributed by atoms with Crippen molar-refractivity contribution in [1.82, 2.24) is 0 Å². The van der Waals surface area contributed by atoms with Crippen LogP contribution in [0, 0.1) is 0 Å². The van der Waals surface area contributed by atoms with Gasteiger partial charge in [0.15, 0.2) is 11.5 Å². The number of carbonyl (C=O) groups excluding carboxylic acids is 1. The molecule has 25 heavy (non-hydrogen) atoms. The highest BCUT2D eigenvalue weighted by Crippen LogP contribution is 2.40. The van der Waals surface area contributed by atoms with Crippen LogP contribution in [0.3, 0.4) is 0 Å². The highest BCUT2D eigenvalue weighted by molar-refractivity contribution is 6.05. The summed E-state index contributed by atoms with van der Waals surface area (Å²) >= 11 is 0. The number of alkyl halides is 3. The molecule has 0 aromatic heterocycles. The normalized spacial score (nSPS) is 13.3. The van der Waals surface area contributed by atoms with Gasteiger partial charge in [0, 0.05) is 11.3 Å². The number of hydrogen-bond acceptors (Lipinski definition) is 4. The van der Waals surface area contributed by atoms with Crippen LogP contribution in [0.15, 0.2) is 36.4 Å².